The zero-order valence-corrected chi connectivity index (χ0v) is 17.0. The van der Waals surface area contributed by atoms with Gasteiger partial charge in [-0.05, 0) is 37.0 Å². The van der Waals surface area contributed by atoms with E-state index in [9.17, 15) is 4.79 Å². The van der Waals surface area contributed by atoms with Crippen molar-refractivity contribution < 1.29 is 14.3 Å². The molecule has 0 radical (unpaired) electrons. The second kappa shape index (κ2) is 10.3. The predicted octanol–water partition coefficient (Wildman–Crippen LogP) is 5.68. The molecule has 1 aliphatic rings. The van der Waals surface area contributed by atoms with Gasteiger partial charge in [-0.1, -0.05) is 57.9 Å². The van der Waals surface area contributed by atoms with E-state index in [2.05, 4.69) is 29.4 Å². The van der Waals surface area contributed by atoms with Crippen LogP contribution < -0.4 is 5.32 Å². The number of benzene rings is 1. The monoisotopic (exact) mass is 387 g/mol. The van der Waals surface area contributed by atoms with Gasteiger partial charge < -0.3 is 19.7 Å². The number of aromatic nitrogens is 1. The number of aryl methyl sites for hydroxylation is 1. The van der Waals surface area contributed by atoms with Crippen molar-refractivity contribution in [2.75, 3.05) is 18.4 Å². The van der Waals surface area contributed by atoms with Crippen LogP contribution in [0.5, 0.6) is 0 Å². The molecule has 0 bridgehead atoms. The van der Waals surface area contributed by atoms with Crippen LogP contribution in [0.3, 0.4) is 0 Å². The summed E-state index contributed by atoms with van der Waals surface area (Å²) in [5.74, 6) is 0. The first-order valence-electron chi connectivity index (χ1n) is 10.8. The number of hydrogen-bond donors (Lipinski definition) is 2. The summed E-state index contributed by atoms with van der Waals surface area (Å²) < 4.78 is 5.78. The number of fused-ring (bicyclic) bond motifs is 1. The molecule has 2 N–H and O–H groups in total. The quantitative estimate of drug-likeness (QED) is 0.485. The van der Waals surface area contributed by atoms with Gasteiger partial charge in [0.15, 0.2) is 5.58 Å². The highest BCUT2D eigenvalue weighted by Crippen LogP contribution is 2.23. The molecule has 0 aliphatic carbocycles. The third-order valence-electron chi connectivity index (χ3n) is 5.56. The SMILES string of the molecule is CCCCCCCCCCc1ccc2oc(NC3CCN(C(=O)O)C3)nc2c1. The zero-order valence-electron chi connectivity index (χ0n) is 17.0. The molecule has 0 saturated carbocycles. The van der Waals surface area contributed by atoms with Gasteiger partial charge in [-0.2, -0.15) is 4.98 Å². The highest BCUT2D eigenvalue weighted by atomic mass is 16.4. The minimum atomic E-state index is -0.868. The van der Waals surface area contributed by atoms with Crippen LogP contribution >= 0.6 is 0 Å². The average Bonchev–Trinajstić information content (AvgIpc) is 3.30. The van der Waals surface area contributed by atoms with Crippen molar-refractivity contribution >= 4 is 23.2 Å². The van der Waals surface area contributed by atoms with Gasteiger partial charge >= 0.3 is 6.09 Å². The van der Waals surface area contributed by atoms with Crippen molar-refractivity contribution in [3.8, 4) is 0 Å². The molecule has 1 atom stereocenters. The second-order valence-corrected chi connectivity index (χ2v) is 7.90. The summed E-state index contributed by atoms with van der Waals surface area (Å²) in [5, 5.41) is 12.3. The van der Waals surface area contributed by atoms with Crippen LogP contribution in [0.25, 0.3) is 11.1 Å². The number of amides is 1. The van der Waals surface area contributed by atoms with Gasteiger partial charge in [0.2, 0.25) is 0 Å². The molecule has 0 spiro atoms. The molecule has 1 aliphatic heterocycles. The van der Waals surface area contributed by atoms with Crippen molar-refractivity contribution in [3.63, 3.8) is 0 Å². The average molecular weight is 388 g/mol. The Balaban J connectivity index is 1.43. The lowest BCUT2D eigenvalue weighted by Crippen LogP contribution is -2.30. The summed E-state index contributed by atoms with van der Waals surface area (Å²) in [4.78, 5) is 17.0. The minimum Gasteiger partial charge on any atom is -0.465 e. The Morgan fingerprint density at radius 3 is 2.68 bits per heavy atom. The summed E-state index contributed by atoms with van der Waals surface area (Å²) in [6, 6.07) is 6.77. The Morgan fingerprint density at radius 2 is 1.96 bits per heavy atom. The molecular formula is C22H33N3O3. The molecule has 154 valence electrons. The number of rotatable bonds is 11. The standard InChI is InChI=1S/C22H33N3O3/c1-2-3-4-5-6-7-8-9-10-17-11-12-20-19(15-17)24-21(28-20)23-18-13-14-25(16-18)22(26)27/h11-12,15,18H,2-10,13-14,16H2,1H3,(H,23,24)(H,26,27). The molecule has 1 amide bonds. The summed E-state index contributed by atoms with van der Waals surface area (Å²) >= 11 is 0. The second-order valence-electron chi connectivity index (χ2n) is 7.90. The van der Waals surface area contributed by atoms with Crippen molar-refractivity contribution in [2.45, 2.75) is 77.2 Å². The fraction of sp³-hybridized carbons (Fsp3) is 0.636. The van der Waals surface area contributed by atoms with Gasteiger partial charge in [-0.3, -0.25) is 0 Å². The Kier molecular flexibility index (Phi) is 7.57. The van der Waals surface area contributed by atoms with E-state index in [0.29, 0.717) is 19.1 Å². The Hall–Kier alpha value is -2.24. The normalized spacial score (nSPS) is 16.8. The molecule has 1 unspecified atom stereocenters. The number of nitrogens with zero attached hydrogens (tertiary/aromatic N) is 2. The number of nitrogens with one attached hydrogen (secondary N) is 1. The number of carbonyl (C=O) groups is 1. The van der Waals surface area contributed by atoms with Gasteiger partial charge in [0.1, 0.15) is 5.52 Å². The van der Waals surface area contributed by atoms with Gasteiger partial charge in [0.05, 0.1) is 0 Å². The van der Waals surface area contributed by atoms with Crippen LogP contribution in [0.4, 0.5) is 10.8 Å². The predicted molar refractivity (Wildman–Crippen MR) is 112 cm³/mol. The van der Waals surface area contributed by atoms with Crippen LogP contribution in [0.15, 0.2) is 22.6 Å². The van der Waals surface area contributed by atoms with Crippen LogP contribution in [0, 0.1) is 0 Å². The first kappa shape index (κ1) is 20.5. The first-order valence-corrected chi connectivity index (χ1v) is 10.8. The topological polar surface area (TPSA) is 78.6 Å². The number of hydrogen-bond acceptors (Lipinski definition) is 4. The Bertz CT molecular complexity index is 759. The summed E-state index contributed by atoms with van der Waals surface area (Å²) in [6.45, 7) is 3.28. The van der Waals surface area contributed by atoms with Crippen molar-refractivity contribution in [3.05, 3.63) is 23.8 Å². The van der Waals surface area contributed by atoms with Crippen molar-refractivity contribution in [1.29, 1.82) is 0 Å². The maximum Gasteiger partial charge on any atom is 0.407 e. The smallest absolute Gasteiger partial charge is 0.407 e. The third kappa shape index (κ3) is 5.88. The van der Waals surface area contributed by atoms with E-state index in [1.807, 2.05) is 6.07 Å². The Morgan fingerprint density at radius 1 is 1.21 bits per heavy atom. The molecule has 2 heterocycles. The van der Waals surface area contributed by atoms with Crippen molar-refractivity contribution in [1.82, 2.24) is 9.88 Å². The highest BCUT2D eigenvalue weighted by molar-refractivity contribution is 5.75. The van der Waals surface area contributed by atoms with Crippen LogP contribution in [0.1, 0.15) is 70.3 Å². The number of anilines is 1. The van der Waals surface area contributed by atoms with Crippen LogP contribution in [0.2, 0.25) is 0 Å². The van der Waals surface area contributed by atoms with E-state index in [0.717, 1.165) is 23.9 Å². The van der Waals surface area contributed by atoms with Gasteiger partial charge in [0.25, 0.3) is 6.01 Å². The fourth-order valence-electron chi connectivity index (χ4n) is 3.88. The maximum atomic E-state index is 11.0. The highest BCUT2D eigenvalue weighted by Gasteiger charge is 2.26. The fourth-order valence-corrected chi connectivity index (χ4v) is 3.88. The summed E-state index contributed by atoms with van der Waals surface area (Å²) in [5.41, 5.74) is 2.94. The summed E-state index contributed by atoms with van der Waals surface area (Å²) in [7, 11) is 0. The number of likely N-dealkylation sites (tertiary alicyclic amines) is 1. The van der Waals surface area contributed by atoms with E-state index in [1.54, 1.807) is 0 Å². The molecule has 1 fully saturated rings. The van der Waals surface area contributed by atoms with Crippen molar-refractivity contribution in [2.24, 2.45) is 0 Å². The van der Waals surface area contributed by atoms with E-state index in [1.165, 1.54) is 61.8 Å². The zero-order chi connectivity index (χ0) is 19.8. The lowest BCUT2D eigenvalue weighted by atomic mass is 10.0. The van der Waals surface area contributed by atoms with Gasteiger partial charge in [-0.25, -0.2) is 4.79 Å². The van der Waals surface area contributed by atoms with E-state index >= 15 is 0 Å². The number of carboxylic acid groups (broad SMARTS) is 1. The van der Waals surface area contributed by atoms with Gasteiger partial charge in [-0.15, -0.1) is 0 Å². The molecule has 1 saturated heterocycles. The lowest BCUT2D eigenvalue weighted by Gasteiger charge is -2.12. The Labute approximate surface area is 167 Å². The first-order chi connectivity index (χ1) is 13.7. The van der Waals surface area contributed by atoms with E-state index in [-0.39, 0.29) is 6.04 Å². The third-order valence-corrected chi connectivity index (χ3v) is 5.56. The van der Waals surface area contributed by atoms with Gasteiger partial charge in [0, 0.05) is 19.1 Å². The van der Waals surface area contributed by atoms with Crippen LogP contribution in [-0.2, 0) is 6.42 Å². The molecular weight excluding hydrogens is 354 g/mol. The number of unbranched alkanes of at least 4 members (excludes halogenated alkanes) is 7. The molecule has 6 heteroatoms. The molecule has 2 aromatic rings. The molecule has 3 rings (SSSR count). The maximum absolute atomic E-state index is 11.0. The molecule has 28 heavy (non-hydrogen) atoms. The molecule has 1 aromatic heterocycles. The molecule has 6 nitrogen and oxygen atoms in total. The largest absolute Gasteiger partial charge is 0.465 e. The molecule has 1 aromatic carbocycles. The van der Waals surface area contributed by atoms with E-state index < -0.39 is 6.09 Å². The van der Waals surface area contributed by atoms with E-state index in [4.69, 9.17) is 9.52 Å². The number of oxazole rings is 1. The minimum absolute atomic E-state index is 0.0564. The van der Waals surface area contributed by atoms with Crippen LogP contribution in [-0.4, -0.2) is 40.2 Å². The summed E-state index contributed by atoms with van der Waals surface area (Å²) in [6.07, 6.45) is 11.6. The lowest BCUT2D eigenvalue weighted by molar-refractivity contribution is 0.155.